The van der Waals surface area contributed by atoms with Gasteiger partial charge in [-0.2, -0.15) is 0 Å². The third kappa shape index (κ3) is 3.92. The largest absolute Gasteiger partial charge is 1.00 e. The van der Waals surface area contributed by atoms with Gasteiger partial charge in [0.2, 0.25) is 0 Å². The Morgan fingerprint density at radius 3 is 2.18 bits per heavy atom. The maximum absolute atomic E-state index is 11.3. The first-order chi connectivity index (χ1) is 7.48. The van der Waals surface area contributed by atoms with Crippen LogP contribution in [0.25, 0.3) is 0 Å². The van der Waals surface area contributed by atoms with Gasteiger partial charge in [0, 0.05) is 17.9 Å². The maximum atomic E-state index is 11.3. The maximum Gasteiger partial charge on any atom is 1.00 e. The fraction of sp³-hybridized carbons (Fsp3) is 0.900. The van der Waals surface area contributed by atoms with Gasteiger partial charge < -0.3 is 9.90 Å². The summed E-state index contributed by atoms with van der Waals surface area (Å²) in [7, 11) is -2.84. The van der Waals surface area contributed by atoms with Gasteiger partial charge in [-0.25, -0.2) is 8.42 Å². The van der Waals surface area contributed by atoms with Crippen molar-refractivity contribution in [1.82, 2.24) is 4.90 Å². The molecule has 2 aliphatic rings. The van der Waals surface area contributed by atoms with Crippen LogP contribution < -0.4 is 34.7 Å². The minimum Gasteiger partial charge on any atom is -0.550 e. The average Bonchev–Trinajstić information content (AvgIpc) is 2.59. The van der Waals surface area contributed by atoms with Crippen LogP contribution in [0.2, 0.25) is 0 Å². The van der Waals surface area contributed by atoms with Gasteiger partial charge in [0.25, 0.3) is 0 Å². The molecule has 0 N–H and O–H groups in total. The molecule has 0 aliphatic carbocycles. The van der Waals surface area contributed by atoms with E-state index in [4.69, 9.17) is 0 Å². The molecule has 1 atom stereocenters. The summed E-state index contributed by atoms with van der Waals surface area (Å²) >= 11 is 0. The molecule has 2 saturated heterocycles. The van der Waals surface area contributed by atoms with Crippen LogP contribution in [0.1, 0.15) is 19.3 Å². The standard InChI is InChI=1S/C10H17NO4S.Na/c12-10(13)8-1-4-11(5-2-8)9-3-6-16(14,15)7-9;/h8-9H,1-7H2,(H,12,13);/q;+1/p-1. The number of sulfone groups is 1. The second-order valence-electron chi connectivity index (χ2n) is 4.69. The molecule has 0 bridgehead atoms. The number of hydrogen-bond acceptors (Lipinski definition) is 5. The van der Waals surface area contributed by atoms with Crippen molar-refractivity contribution in [2.75, 3.05) is 24.6 Å². The number of carbonyl (C=O) groups excluding carboxylic acids is 1. The number of likely N-dealkylation sites (tertiary alicyclic amines) is 1. The van der Waals surface area contributed by atoms with Gasteiger partial charge in [-0.15, -0.1) is 0 Å². The number of carboxylic acid groups (broad SMARTS) is 1. The summed E-state index contributed by atoms with van der Waals surface area (Å²) in [5.41, 5.74) is 0. The Morgan fingerprint density at radius 2 is 1.76 bits per heavy atom. The number of carbonyl (C=O) groups is 1. The summed E-state index contributed by atoms with van der Waals surface area (Å²) in [6.07, 6.45) is 1.86. The van der Waals surface area contributed by atoms with Gasteiger partial charge in [0.15, 0.2) is 9.84 Å². The summed E-state index contributed by atoms with van der Waals surface area (Å²) in [6, 6.07) is 0.104. The molecular formula is C10H16NNaO4S. The van der Waals surface area contributed by atoms with Crippen LogP contribution in [0.15, 0.2) is 0 Å². The monoisotopic (exact) mass is 269 g/mol. The second kappa shape index (κ2) is 6.02. The van der Waals surface area contributed by atoms with Gasteiger partial charge in [-0.1, -0.05) is 0 Å². The molecular weight excluding hydrogens is 253 g/mol. The van der Waals surface area contributed by atoms with Crippen LogP contribution in [0.5, 0.6) is 0 Å². The number of aliphatic carboxylic acids is 1. The zero-order chi connectivity index (χ0) is 11.8. The quantitative estimate of drug-likeness (QED) is 0.473. The Labute approximate surface area is 124 Å². The topological polar surface area (TPSA) is 77.5 Å². The molecule has 0 radical (unpaired) electrons. The zero-order valence-electron chi connectivity index (χ0n) is 10.1. The molecule has 92 valence electrons. The van der Waals surface area contributed by atoms with E-state index >= 15 is 0 Å². The third-order valence-electron chi connectivity index (χ3n) is 3.59. The van der Waals surface area contributed by atoms with Crippen LogP contribution in [0.4, 0.5) is 0 Å². The number of nitrogens with zero attached hydrogens (tertiary/aromatic N) is 1. The van der Waals surface area contributed by atoms with Crippen LogP contribution in [-0.4, -0.2) is 49.9 Å². The van der Waals surface area contributed by atoms with E-state index in [1.165, 1.54) is 0 Å². The minimum absolute atomic E-state index is 0. The SMILES string of the molecule is O=C([O-])C1CCN(C2CCS(=O)(=O)C2)CC1.[Na+]. The molecule has 0 aromatic heterocycles. The Bertz CT molecular complexity index is 376. The van der Waals surface area contributed by atoms with E-state index in [9.17, 15) is 18.3 Å². The number of hydrogen-bond donors (Lipinski definition) is 0. The average molecular weight is 269 g/mol. The van der Waals surface area contributed by atoms with Crippen molar-refractivity contribution >= 4 is 15.8 Å². The molecule has 1 unspecified atom stereocenters. The van der Waals surface area contributed by atoms with E-state index in [-0.39, 0.29) is 53.0 Å². The first-order valence-corrected chi connectivity index (χ1v) is 7.45. The second-order valence-corrected chi connectivity index (χ2v) is 6.91. The van der Waals surface area contributed by atoms with Crippen LogP contribution >= 0.6 is 0 Å². The Morgan fingerprint density at radius 1 is 1.18 bits per heavy atom. The zero-order valence-corrected chi connectivity index (χ0v) is 12.9. The van der Waals surface area contributed by atoms with Crippen molar-refractivity contribution in [1.29, 1.82) is 0 Å². The first-order valence-electron chi connectivity index (χ1n) is 5.63. The van der Waals surface area contributed by atoms with Crippen molar-refractivity contribution in [2.24, 2.45) is 5.92 Å². The molecule has 7 heteroatoms. The predicted molar refractivity (Wildman–Crippen MR) is 56.4 cm³/mol. The normalized spacial score (nSPS) is 29.8. The molecule has 2 rings (SSSR count). The van der Waals surface area contributed by atoms with Crippen LogP contribution in [0, 0.1) is 5.92 Å². The Hall–Kier alpha value is 0.380. The number of carboxylic acids is 1. The first kappa shape index (κ1) is 15.4. The van der Waals surface area contributed by atoms with Gasteiger partial charge >= 0.3 is 29.6 Å². The van der Waals surface area contributed by atoms with E-state index < -0.39 is 15.8 Å². The van der Waals surface area contributed by atoms with Crippen molar-refractivity contribution in [3.63, 3.8) is 0 Å². The van der Waals surface area contributed by atoms with E-state index in [1.807, 2.05) is 0 Å². The molecule has 2 fully saturated rings. The smallest absolute Gasteiger partial charge is 0.550 e. The van der Waals surface area contributed by atoms with E-state index in [1.54, 1.807) is 0 Å². The van der Waals surface area contributed by atoms with Gasteiger partial charge in [0.05, 0.1) is 11.5 Å². The van der Waals surface area contributed by atoms with E-state index in [2.05, 4.69) is 4.90 Å². The van der Waals surface area contributed by atoms with Crippen molar-refractivity contribution < 1.29 is 47.9 Å². The summed E-state index contributed by atoms with van der Waals surface area (Å²) in [5, 5.41) is 10.7. The fourth-order valence-electron chi connectivity index (χ4n) is 2.56. The molecule has 0 aromatic carbocycles. The minimum atomic E-state index is -2.84. The Kier molecular flexibility index (Phi) is 5.46. The molecule has 2 heterocycles. The van der Waals surface area contributed by atoms with Gasteiger partial charge in [0.1, 0.15) is 0 Å². The molecule has 0 aromatic rings. The van der Waals surface area contributed by atoms with Crippen LogP contribution in [0.3, 0.4) is 0 Å². The predicted octanol–water partition coefficient (Wildman–Crippen LogP) is -4.36. The summed E-state index contributed by atoms with van der Waals surface area (Å²) in [4.78, 5) is 12.8. The Balaban J connectivity index is 0.00000144. The molecule has 0 amide bonds. The molecule has 5 nitrogen and oxygen atoms in total. The van der Waals surface area contributed by atoms with E-state index in [0.29, 0.717) is 32.4 Å². The van der Waals surface area contributed by atoms with Crippen molar-refractivity contribution in [3.8, 4) is 0 Å². The van der Waals surface area contributed by atoms with Gasteiger partial charge in [-0.3, -0.25) is 4.90 Å². The number of rotatable bonds is 2. The van der Waals surface area contributed by atoms with Crippen molar-refractivity contribution in [2.45, 2.75) is 25.3 Å². The summed E-state index contributed by atoms with van der Waals surface area (Å²) < 4.78 is 22.7. The molecule has 0 saturated carbocycles. The van der Waals surface area contributed by atoms with Crippen LogP contribution in [-0.2, 0) is 14.6 Å². The third-order valence-corrected chi connectivity index (χ3v) is 5.34. The number of piperidine rings is 1. The molecule has 2 aliphatic heterocycles. The fourth-order valence-corrected chi connectivity index (χ4v) is 4.33. The van der Waals surface area contributed by atoms with Gasteiger partial charge in [-0.05, 0) is 32.4 Å². The molecule has 17 heavy (non-hydrogen) atoms. The van der Waals surface area contributed by atoms with Crippen molar-refractivity contribution in [3.05, 3.63) is 0 Å². The summed E-state index contributed by atoms with van der Waals surface area (Å²) in [6.45, 7) is 1.36. The summed E-state index contributed by atoms with van der Waals surface area (Å²) in [5.74, 6) is -0.811. The molecule has 0 spiro atoms. The van der Waals surface area contributed by atoms with E-state index in [0.717, 1.165) is 0 Å².